The van der Waals surface area contributed by atoms with Gasteiger partial charge in [0.15, 0.2) is 0 Å². The van der Waals surface area contributed by atoms with Gasteiger partial charge in [-0.3, -0.25) is 14.9 Å². The van der Waals surface area contributed by atoms with Crippen molar-refractivity contribution in [3.05, 3.63) is 53.6 Å². The van der Waals surface area contributed by atoms with E-state index in [1.165, 1.54) is 5.56 Å². The number of aromatic nitrogens is 2. The zero-order valence-corrected chi connectivity index (χ0v) is 15.3. The molecule has 1 fully saturated rings. The molecule has 0 atom stereocenters. The molecule has 0 aliphatic carbocycles. The Morgan fingerprint density at radius 1 is 1.15 bits per heavy atom. The van der Waals surface area contributed by atoms with E-state index < -0.39 is 5.91 Å². The Labute approximate surface area is 157 Å². The molecule has 1 aromatic heterocycles. The fourth-order valence-corrected chi connectivity index (χ4v) is 3.38. The lowest BCUT2D eigenvalue weighted by atomic mass is 10.1. The van der Waals surface area contributed by atoms with Crippen molar-refractivity contribution in [1.29, 1.82) is 0 Å². The van der Waals surface area contributed by atoms with Crippen LogP contribution in [-0.4, -0.2) is 64.1 Å². The van der Waals surface area contributed by atoms with E-state index in [-0.39, 0.29) is 0 Å². The zero-order valence-electron chi connectivity index (χ0n) is 15.3. The van der Waals surface area contributed by atoms with E-state index in [1.54, 1.807) is 23.7 Å². The number of imidazole rings is 1. The maximum Gasteiger partial charge on any atom is 0.274 e. The normalized spacial score (nSPS) is 15.9. The summed E-state index contributed by atoms with van der Waals surface area (Å²) in [5.74, 6) is 0.221. The van der Waals surface area contributed by atoms with Gasteiger partial charge in [0, 0.05) is 43.9 Å². The first-order valence-corrected chi connectivity index (χ1v) is 9.07. The number of fused-ring (bicyclic) bond motifs is 1. The number of hydrogen-bond acceptors (Lipinski definition) is 5. The number of nitrogens with zero attached hydrogens (tertiary/aromatic N) is 3. The molecular formula is C20H23N5O2. The summed E-state index contributed by atoms with van der Waals surface area (Å²) >= 11 is 0. The molecule has 4 rings (SSSR count). The molecule has 1 amide bonds. The Kier molecular flexibility index (Phi) is 4.89. The summed E-state index contributed by atoms with van der Waals surface area (Å²) in [6, 6.07) is 13.5. The summed E-state index contributed by atoms with van der Waals surface area (Å²) in [4.78, 5) is 24.2. The second kappa shape index (κ2) is 7.48. The summed E-state index contributed by atoms with van der Waals surface area (Å²) in [6.07, 6.45) is 0. The maximum absolute atomic E-state index is 11.6. The molecule has 140 valence electrons. The lowest BCUT2D eigenvalue weighted by molar-refractivity contribution is 0.0706. The largest absolute Gasteiger partial charge is 0.338 e. The average molecular weight is 365 g/mol. The highest BCUT2D eigenvalue weighted by Gasteiger charge is 2.14. The first-order chi connectivity index (χ1) is 13.1. The van der Waals surface area contributed by atoms with Crippen LogP contribution in [0.15, 0.2) is 42.5 Å². The summed E-state index contributed by atoms with van der Waals surface area (Å²) in [5.41, 5.74) is 5.85. The predicted octanol–water partition coefficient (Wildman–Crippen LogP) is 2.10. The molecule has 0 saturated carbocycles. The van der Waals surface area contributed by atoms with Gasteiger partial charge in [-0.05, 0) is 30.8 Å². The number of H-pyrrole nitrogens is 1. The number of carbonyl (C=O) groups excluding carboxylic acids is 1. The van der Waals surface area contributed by atoms with Crippen molar-refractivity contribution < 1.29 is 10.0 Å². The number of hydrogen-bond donors (Lipinski definition) is 3. The second-order valence-electron chi connectivity index (χ2n) is 7.03. The van der Waals surface area contributed by atoms with Crippen molar-refractivity contribution in [2.24, 2.45) is 0 Å². The summed E-state index contributed by atoms with van der Waals surface area (Å²) in [7, 11) is 2.17. The Morgan fingerprint density at radius 3 is 2.59 bits per heavy atom. The third-order valence-electron chi connectivity index (χ3n) is 5.08. The van der Waals surface area contributed by atoms with Crippen LogP contribution in [0.25, 0.3) is 22.4 Å². The molecule has 0 spiro atoms. The highest BCUT2D eigenvalue weighted by molar-refractivity contribution is 5.97. The minimum Gasteiger partial charge on any atom is -0.338 e. The van der Waals surface area contributed by atoms with Crippen LogP contribution in [0.1, 0.15) is 15.9 Å². The van der Waals surface area contributed by atoms with Crippen LogP contribution in [0.2, 0.25) is 0 Å². The first kappa shape index (κ1) is 17.7. The van der Waals surface area contributed by atoms with Crippen LogP contribution in [0, 0.1) is 0 Å². The monoisotopic (exact) mass is 365 g/mol. The van der Waals surface area contributed by atoms with E-state index in [9.17, 15) is 4.79 Å². The van der Waals surface area contributed by atoms with E-state index >= 15 is 0 Å². The molecule has 27 heavy (non-hydrogen) atoms. The minimum atomic E-state index is -0.540. The molecule has 1 aliphatic rings. The molecular weight excluding hydrogens is 342 g/mol. The average Bonchev–Trinajstić information content (AvgIpc) is 3.13. The van der Waals surface area contributed by atoms with Gasteiger partial charge in [-0.25, -0.2) is 10.5 Å². The van der Waals surface area contributed by atoms with Gasteiger partial charge in [0.1, 0.15) is 5.82 Å². The smallest absolute Gasteiger partial charge is 0.274 e. The summed E-state index contributed by atoms with van der Waals surface area (Å²) in [5, 5.41) is 8.77. The molecule has 1 saturated heterocycles. The van der Waals surface area contributed by atoms with E-state index in [0.29, 0.717) is 5.56 Å². The number of aromatic amines is 1. The van der Waals surface area contributed by atoms with Crippen LogP contribution in [-0.2, 0) is 6.54 Å². The van der Waals surface area contributed by atoms with Gasteiger partial charge >= 0.3 is 0 Å². The zero-order chi connectivity index (χ0) is 18.8. The lowest BCUT2D eigenvalue weighted by Crippen LogP contribution is -2.43. The van der Waals surface area contributed by atoms with E-state index in [4.69, 9.17) is 5.21 Å². The number of hydroxylamine groups is 1. The third kappa shape index (κ3) is 3.85. The van der Waals surface area contributed by atoms with Crippen molar-refractivity contribution in [2.75, 3.05) is 33.2 Å². The first-order valence-electron chi connectivity index (χ1n) is 9.07. The minimum absolute atomic E-state index is 0.378. The highest BCUT2D eigenvalue weighted by Crippen LogP contribution is 2.22. The summed E-state index contributed by atoms with van der Waals surface area (Å²) in [6.45, 7) is 5.41. The number of carbonyl (C=O) groups is 1. The van der Waals surface area contributed by atoms with Crippen LogP contribution >= 0.6 is 0 Å². The number of benzene rings is 2. The van der Waals surface area contributed by atoms with Gasteiger partial charge in [-0.2, -0.15) is 0 Å². The van der Waals surface area contributed by atoms with E-state index in [2.05, 4.69) is 51.1 Å². The van der Waals surface area contributed by atoms with Gasteiger partial charge in [0.05, 0.1) is 11.0 Å². The second-order valence-corrected chi connectivity index (χ2v) is 7.03. The molecule has 3 aromatic rings. The van der Waals surface area contributed by atoms with E-state index in [0.717, 1.165) is 55.1 Å². The Hall–Kier alpha value is -2.74. The van der Waals surface area contributed by atoms with Crippen LogP contribution in [0.5, 0.6) is 0 Å². The molecule has 0 bridgehead atoms. The number of amides is 1. The van der Waals surface area contributed by atoms with E-state index in [1.807, 2.05) is 0 Å². The van der Waals surface area contributed by atoms with Crippen LogP contribution in [0.4, 0.5) is 0 Å². The third-order valence-corrected chi connectivity index (χ3v) is 5.08. The van der Waals surface area contributed by atoms with Gasteiger partial charge in [-0.15, -0.1) is 0 Å². The number of nitrogens with one attached hydrogen (secondary N) is 2. The van der Waals surface area contributed by atoms with Gasteiger partial charge in [0.2, 0.25) is 0 Å². The molecule has 3 N–H and O–H groups in total. The van der Waals surface area contributed by atoms with Crippen molar-refractivity contribution >= 4 is 16.9 Å². The topological polar surface area (TPSA) is 84.5 Å². The van der Waals surface area contributed by atoms with Gasteiger partial charge < -0.3 is 9.88 Å². The Bertz CT molecular complexity index is 943. The molecule has 1 aliphatic heterocycles. The van der Waals surface area contributed by atoms with Crippen molar-refractivity contribution in [1.82, 2.24) is 25.2 Å². The highest BCUT2D eigenvalue weighted by atomic mass is 16.5. The summed E-state index contributed by atoms with van der Waals surface area (Å²) < 4.78 is 0. The van der Waals surface area contributed by atoms with Crippen molar-refractivity contribution in [2.45, 2.75) is 6.54 Å². The molecule has 7 heteroatoms. The number of piperazine rings is 1. The van der Waals surface area contributed by atoms with Crippen molar-refractivity contribution in [3.63, 3.8) is 0 Å². The quantitative estimate of drug-likeness (QED) is 0.487. The maximum atomic E-state index is 11.6. The molecule has 2 aromatic carbocycles. The van der Waals surface area contributed by atoms with Crippen LogP contribution < -0.4 is 5.48 Å². The SMILES string of the molecule is CN1CCN(Cc2ccc(-c3nc4ccc(C(=O)NO)cc4[nH]3)cc2)CC1. The predicted molar refractivity (Wildman–Crippen MR) is 104 cm³/mol. The van der Waals surface area contributed by atoms with Crippen molar-refractivity contribution in [3.8, 4) is 11.4 Å². The van der Waals surface area contributed by atoms with Gasteiger partial charge in [0.25, 0.3) is 5.91 Å². The fourth-order valence-electron chi connectivity index (χ4n) is 3.38. The van der Waals surface area contributed by atoms with Gasteiger partial charge in [-0.1, -0.05) is 24.3 Å². The number of likely N-dealkylation sites (N-methyl/N-ethyl adjacent to an activating group) is 1. The molecule has 7 nitrogen and oxygen atoms in total. The fraction of sp³-hybridized carbons (Fsp3) is 0.300. The van der Waals surface area contributed by atoms with Crippen LogP contribution in [0.3, 0.4) is 0 Å². The lowest BCUT2D eigenvalue weighted by Gasteiger charge is -2.32. The standard InChI is InChI=1S/C20H23N5O2/c1-24-8-10-25(11-9-24)13-14-2-4-15(5-3-14)19-21-17-7-6-16(20(26)23-27)12-18(17)22-19/h2-7,12,27H,8-11,13H2,1H3,(H,21,22)(H,23,26). The molecule has 0 radical (unpaired) electrons. The number of rotatable bonds is 4. The Morgan fingerprint density at radius 2 is 1.89 bits per heavy atom. The Balaban J connectivity index is 1.50. The molecule has 0 unspecified atom stereocenters. The molecule has 2 heterocycles.